The highest BCUT2D eigenvalue weighted by Crippen LogP contribution is 2.13. The summed E-state index contributed by atoms with van der Waals surface area (Å²) in [7, 11) is 0. The van der Waals surface area contributed by atoms with Crippen molar-refractivity contribution in [2.75, 3.05) is 8.86 Å². The quantitative estimate of drug-likeness (QED) is 0.118. The minimum absolute atomic E-state index is 1.34. The molecular weight excluding hydrogens is 458 g/mol. The summed E-state index contributed by atoms with van der Waals surface area (Å²) in [5, 5.41) is 0. The lowest BCUT2D eigenvalue weighted by Gasteiger charge is -2.03. The maximum absolute atomic E-state index is 2.49. The Hall–Kier alpha value is 1.46. The first-order chi connectivity index (χ1) is 9.41. The molecule has 0 saturated heterocycles. The molecule has 0 aliphatic rings. The van der Waals surface area contributed by atoms with Crippen LogP contribution in [0.2, 0.25) is 0 Å². The first kappa shape index (κ1) is 20.5. The van der Waals surface area contributed by atoms with Crippen LogP contribution in [0.4, 0.5) is 0 Å². The molecule has 0 aromatic rings. The van der Waals surface area contributed by atoms with Crippen molar-refractivity contribution in [2.24, 2.45) is 0 Å². The molecule has 0 fully saturated rings. The molecule has 116 valence electrons. The summed E-state index contributed by atoms with van der Waals surface area (Å²) < 4.78 is 2.69. The van der Waals surface area contributed by atoms with E-state index >= 15 is 0 Å². The Kier molecular flexibility index (Phi) is 21.0. The molecule has 0 rings (SSSR count). The van der Waals surface area contributed by atoms with Crippen molar-refractivity contribution in [1.29, 1.82) is 0 Å². The van der Waals surface area contributed by atoms with E-state index in [0.29, 0.717) is 0 Å². The number of halogens is 2. The monoisotopic (exact) mass is 492 g/mol. The Morgan fingerprint density at radius 1 is 0.263 bits per heavy atom. The van der Waals surface area contributed by atoms with Gasteiger partial charge < -0.3 is 0 Å². The van der Waals surface area contributed by atoms with Crippen LogP contribution in [0.25, 0.3) is 0 Å². The van der Waals surface area contributed by atoms with Gasteiger partial charge in [0.1, 0.15) is 0 Å². The van der Waals surface area contributed by atoms with Crippen LogP contribution in [0.5, 0.6) is 0 Å². The third-order valence-corrected chi connectivity index (χ3v) is 5.29. The topological polar surface area (TPSA) is 0 Å². The molecule has 0 nitrogen and oxygen atoms in total. The van der Waals surface area contributed by atoms with Crippen LogP contribution >= 0.6 is 45.2 Å². The van der Waals surface area contributed by atoms with Crippen LogP contribution in [-0.4, -0.2) is 8.86 Å². The highest BCUT2D eigenvalue weighted by molar-refractivity contribution is 14.1. The van der Waals surface area contributed by atoms with Crippen LogP contribution in [0, 0.1) is 0 Å². The molecular formula is C17H34I2. The number of alkyl halides is 2. The van der Waals surface area contributed by atoms with E-state index in [2.05, 4.69) is 45.2 Å². The molecule has 0 spiro atoms. The molecule has 0 aliphatic heterocycles. The van der Waals surface area contributed by atoms with E-state index in [1.165, 1.54) is 105 Å². The third kappa shape index (κ3) is 19.5. The molecule has 0 aliphatic carbocycles. The van der Waals surface area contributed by atoms with Gasteiger partial charge in [-0.3, -0.25) is 0 Å². The zero-order valence-electron chi connectivity index (χ0n) is 12.8. The number of unbranched alkanes of at least 4 members (excludes halogenated alkanes) is 14. The van der Waals surface area contributed by atoms with E-state index in [9.17, 15) is 0 Å². The van der Waals surface area contributed by atoms with Gasteiger partial charge in [0.2, 0.25) is 0 Å². The predicted octanol–water partition coefficient (Wildman–Crippen LogP) is 7.71. The SMILES string of the molecule is ICCCCCCCCCCCCCCCCCI. The second-order valence-corrected chi connectivity index (χ2v) is 7.84. The van der Waals surface area contributed by atoms with Crippen molar-refractivity contribution in [3.63, 3.8) is 0 Å². The number of hydrogen-bond donors (Lipinski definition) is 0. The molecule has 0 unspecified atom stereocenters. The summed E-state index contributed by atoms with van der Waals surface area (Å²) in [5.74, 6) is 0. The maximum Gasteiger partial charge on any atom is -0.000473 e. The third-order valence-electron chi connectivity index (χ3n) is 3.77. The van der Waals surface area contributed by atoms with Gasteiger partial charge in [-0.05, 0) is 21.7 Å². The van der Waals surface area contributed by atoms with E-state index in [0.717, 1.165) is 0 Å². The smallest absolute Gasteiger partial charge is 0.000473 e. The molecule has 2 heteroatoms. The van der Waals surface area contributed by atoms with Crippen LogP contribution in [0.1, 0.15) is 96.3 Å². The summed E-state index contributed by atoms with van der Waals surface area (Å²) in [6.07, 6.45) is 22.1. The summed E-state index contributed by atoms with van der Waals surface area (Å²) >= 11 is 4.97. The average Bonchev–Trinajstić information content (AvgIpc) is 2.43. The van der Waals surface area contributed by atoms with E-state index < -0.39 is 0 Å². The molecule has 0 atom stereocenters. The fraction of sp³-hybridized carbons (Fsp3) is 1.00. The Morgan fingerprint density at radius 3 is 0.579 bits per heavy atom. The lowest BCUT2D eigenvalue weighted by atomic mass is 10.0. The zero-order valence-corrected chi connectivity index (χ0v) is 17.1. The largest absolute Gasteiger partial charge is 0.0864 e. The standard InChI is InChI=1S/C17H34I2/c18-16-14-12-10-8-6-4-2-1-3-5-7-9-11-13-15-17-19/h1-17H2. The second-order valence-electron chi connectivity index (χ2n) is 5.68. The van der Waals surface area contributed by atoms with Gasteiger partial charge in [0.15, 0.2) is 0 Å². The van der Waals surface area contributed by atoms with E-state index in [1.807, 2.05) is 0 Å². The van der Waals surface area contributed by atoms with Crippen molar-refractivity contribution in [1.82, 2.24) is 0 Å². The minimum Gasteiger partial charge on any atom is -0.0864 e. The fourth-order valence-corrected chi connectivity index (χ4v) is 3.57. The van der Waals surface area contributed by atoms with Crippen molar-refractivity contribution in [3.05, 3.63) is 0 Å². The Balaban J connectivity index is 2.88. The van der Waals surface area contributed by atoms with Gasteiger partial charge in [-0.1, -0.05) is 129 Å². The first-order valence-corrected chi connectivity index (χ1v) is 11.6. The Morgan fingerprint density at radius 2 is 0.421 bits per heavy atom. The van der Waals surface area contributed by atoms with Gasteiger partial charge in [0, 0.05) is 0 Å². The molecule has 0 saturated carbocycles. The molecule has 0 heterocycles. The molecule has 0 aromatic heterocycles. The van der Waals surface area contributed by atoms with Crippen molar-refractivity contribution < 1.29 is 0 Å². The molecule has 0 bridgehead atoms. The Labute approximate surface area is 149 Å². The van der Waals surface area contributed by atoms with Gasteiger partial charge in [-0.15, -0.1) is 0 Å². The minimum atomic E-state index is 1.34. The molecule has 19 heavy (non-hydrogen) atoms. The molecule has 0 aromatic carbocycles. The zero-order chi connectivity index (χ0) is 14.0. The lowest BCUT2D eigenvalue weighted by molar-refractivity contribution is 0.535. The van der Waals surface area contributed by atoms with Gasteiger partial charge in [0.05, 0.1) is 0 Å². The van der Waals surface area contributed by atoms with Crippen molar-refractivity contribution in [3.8, 4) is 0 Å². The second kappa shape index (κ2) is 19.5. The fourth-order valence-electron chi connectivity index (χ4n) is 2.49. The van der Waals surface area contributed by atoms with Gasteiger partial charge in [-0.2, -0.15) is 0 Å². The number of rotatable bonds is 16. The maximum atomic E-state index is 2.49. The highest BCUT2D eigenvalue weighted by Gasteiger charge is 1.94. The van der Waals surface area contributed by atoms with Gasteiger partial charge >= 0.3 is 0 Å². The van der Waals surface area contributed by atoms with Crippen LogP contribution < -0.4 is 0 Å². The summed E-state index contributed by atoms with van der Waals surface area (Å²) in [6, 6.07) is 0. The van der Waals surface area contributed by atoms with Gasteiger partial charge in [-0.25, -0.2) is 0 Å². The normalized spacial score (nSPS) is 11.1. The molecule has 0 amide bonds. The lowest BCUT2D eigenvalue weighted by Crippen LogP contribution is -1.84. The van der Waals surface area contributed by atoms with Crippen molar-refractivity contribution >= 4 is 45.2 Å². The van der Waals surface area contributed by atoms with E-state index in [4.69, 9.17) is 0 Å². The van der Waals surface area contributed by atoms with E-state index in [1.54, 1.807) is 0 Å². The average molecular weight is 492 g/mol. The van der Waals surface area contributed by atoms with Crippen LogP contribution in [0.3, 0.4) is 0 Å². The van der Waals surface area contributed by atoms with E-state index in [-0.39, 0.29) is 0 Å². The predicted molar refractivity (Wildman–Crippen MR) is 107 cm³/mol. The molecule has 0 radical (unpaired) electrons. The van der Waals surface area contributed by atoms with Crippen LogP contribution in [-0.2, 0) is 0 Å². The number of hydrogen-bond acceptors (Lipinski definition) is 0. The first-order valence-electron chi connectivity index (χ1n) is 8.53. The molecule has 0 N–H and O–H groups in total. The van der Waals surface area contributed by atoms with Crippen LogP contribution in [0.15, 0.2) is 0 Å². The van der Waals surface area contributed by atoms with Crippen molar-refractivity contribution in [2.45, 2.75) is 96.3 Å². The van der Waals surface area contributed by atoms with Gasteiger partial charge in [0.25, 0.3) is 0 Å². The highest BCUT2D eigenvalue weighted by atomic mass is 127. The summed E-state index contributed by atoms with van der Waals surface area (Å²) in [4.78, 5) is 0. The Bertz CT molecular complexity index is 132. The summed E-state index contributed by atoms with van der Waals surface area (Å²) in [5.41, 5.74) is 0. The summed E-state index contributed by atoms with van der Waals surface area (Å²) in [6.45, 7) is 0.